The van der Waals surface area contributed by atoms with Crippen LogP contribution in [0.5, 0.6) is 0 Å². The van der Waals surface area contributed by atoms with E-state index in [0.29, 0.717) is 12.8 Å². The molecule has 6 heteroatoms. The molecule has 19 heavy (non-hydrogen) atoms. The van der Waals surface area contributed by atoms with Crippen LogP contribution >= 0.6 is 0 Å². The van der Waals surface area contributed by atoms with Crippen LogP contribution in [0.15, 0.2) is 18.2 Å². The van der Waals surface area contributed by atoms with Crippen molar-refractivity contribution < 1.29 is 18.0 Å². The molecule has 0 unspecified atom stereocenters. The summed E-state index contributed by atoms with van der Waals surface area (Å²) in [4.78, 5) is 12.1. The van der Waals surface area contributed by atoms with Crippen LogP contribution in [0.1, 0.15) is 16.7 Å². The number of amides is 1. The number of hydrogen-bond acceptors (Lipinski definition) is 2. The van der Waals surface area contributed by atoms with E-state index in [1.807, 2.05) is 25.1 Å². The monoisotopic (exact) mass is 274 g/mol. The van der Waals surface area contributed by atoms with E-state index in [1.54, 1.807) is 0 Å². The van der Waals surface area contributed by atoms with Crippen molar-refractivity contribution in [3.05, 3.63) is 34.9 Å². The molecule has 0 radical (unpaired) electrons. The van der Waals surface area contributed by atoms with Crippen molar-refractivity contribution in [2.75, 3.05) is 13.1 Å². The highest BCUT2D eigenvalue weighted by Gasteiger charge is 2.42. The number of fused-ring (bicyclic) bond motifs is 1. The Morgan fingerprint density at radius 2 is 1.74 bits per heavy atom. The number of hydrogen-bond donors (Lipinski definition) is 1. The number of rotatable bonds is 0. The van der Waals surface area contributed by atoms with Gasteiger partial charge >= 0.3 is 12.1 Å². The molecule has 0 aliphatic carbocycles. The predicted octanol–water partition coefficient (Wildman–Crippen LogP) is 2.65. The Hall–Kier alpha value is -1.56. The standard InChI is InChI=1S/C13H14F3NO.H3N/c1-9-2-3-10-4-6-17(7-5-11(10)8-9)12(18)13(14,15)16;/h2-3,8H,4-7H2,1H3;1H3. The molecule has 0 saturated carbocycles. The highest BCUT2D eigenvalue weighted by Crippen LogP contribution is 2.22. The number of benzene rings is 1. The third-order valence-electron chi connectivity index (χ3n) is 3.19. The van der Waals surface area contributed by atoms with Crippen LogP contribution in [-0.2, 0) is 17.6 Å². The first-order chi connectivity index (χ1) is 8.38. The summed E-state index contributed by atoms with van der Waals surface area (Å²) in [7, 11) is 0. The number of aryl methyl sites for hydroxylation is 1. The minimum absolute atomic E-state index is 0. The Balaban J connectivity index is 0.00000180. The summed E-state index contributed by atoms with van der Waals surface area (Å²) in [6.07, 6.45) is -3.80. The molecule has 1 aromatic rings. The normalized spacial score (nSPS) is 15.3. The lowest BCUT2D eigenvalue weighted by molar-refractivity contribution is -0.185. The maximum Gasteiger partial charge on any atom is 0.471 e. The Labute approximate surface area is 110 Å². The zero-order chi connectivity index (χ0) is 13.3. The topological polar surface area (TPSA) is 55.3 Å². The Kier molecular flexibility index (Phi) is 4.57. The molecule has 3 nitrogen and oxygen atoms in total. The van der Waals surface area contributed by atoms with Crippen molar-refractivity contribution in [1.82, 2.24) is 11.1 Å². The number of carbonyl (C=O) groups is 1. The highest BCUT2D eigenvalue weighted by atomic mass is 19.4. The van der Waals surface area contributed by atoms with Crippen molar-refractivity contribution >= 4 is 5.91 Å². The van der Waals surface area contributed by atoms with Crippen LogP contribution in [0.3, 0.4) is 0 Å². The maximum absolute atomic E-state index is 12.4. The van der Waals surface area contributed by atoms with Crippen LogP contribution < -0.4 is 6.15 Å². The lowest BCUT2D eigenvalue weighted by Gasteiger charge is -2.21. The Morgan fingerprint density at radius 3 is 2.32 bits per heavy atom. The molecule has 2 rings (SSSR count). The fraction of sp³-hybridized carbons (Fsp3) is 0.462. The highest BCUT2D eigenvalue weighted by molar-refractivity contribution is 5.82. The van der Waals surface area contributed by atoms with Crippen LogP contribution in [0.25, 0.3) is 0 Å². The second-order valence-corrected chi connectivity index (χ2v) is 4.56. The second-order valence-electron chi connectivity index (χ2n) is 4.56. The number of carbonyl (C=O) groups excluding carboxylic acids is 1. The van der Waals surface area contributed by atoms with Crippen LogP contribution in [0.4, 0.5) is 13.2 Å². The van der Waals surface area contributed by atoms with Gasteiger partial charge in [-0.2, -0.15) is 13.2 Å². The number of halogens is 3. The first kappa shape index (κ1) is 15.5. The molecule has 1 amide bonds. The average molecular weight is 274 g/mol. The van der Waals surface area contributed by atoms with E-state index in [2.05, 4.69) is 0 Å². The van der Waals surface area contributed by atoms with E-state index in [-0.39, 0.29) is 19.2 Å². The smallest absolute Gasteiger partial charge is 0.344 e. The van der Waals surface area contributed by atoms with Gasteiger partial charge in [0.25, 0.3) is 0 Å². The zero-order valence-electron chi connectivity index (χ0n) is 10.8. The fourth-order valence-electron chi connectivity index (χ4n) is 2.24. The molecule has 1 aromatic carbocycles. The Bertz CT molecular complexity index is 471. The van der Waals surface area contributed by atoms with Crippen LogP contribution in [0, 0.1) is 6.92 Å². The van der Waals surface area contributed by atoms with Gasteiger partial charge in [0.05, 0.1) is 0 Å². The molecule has 1 aliphatic heterocycles. The Morgan fingerprint density at radius 1 is 1.16 bits per heavy atom. The number of alkyl halides is 3. The average Bonchev–Trinajstić information content (AvgIpc) is 2.48. The molecule has 3 N–H and O–H groups in total. The van der Waals surface area contributed by atoms with Gasteiger partial charge in [-0.15, -0.1) is 0 Å². The molecule has 106 valence electrons. The number of nitrogens with zero attached hydrogens (tertiary/aromatic N) is 1. The molecule has 0 saturated heterocycles. The summed E-state index contributed by atoms with van der Waals surface area (Å²) in [5.74, 6) is -1.73. The first-order valence-corrected chi connectivity index (χ1v) is 5.82. The van der Waals surface area contributed by atoms with Gasteiger partial charge in [0, 0.05) is 13.1 Å². The van der Waals surface area contributed by atoms with Crippen molar-refractivity contribution in [3.8, 4) is 0 Å². The van der Waals surface area contributed by atoms with Gasteiger partial charge in [0.15, 0.2) is 0 Å². The maximum atomic E-state index is 12.4. The zero-order valence-corrected chi connectivity index (χ0v) is 10.8. The molecular formula is C13H17F3N2O. The lowest BCUT2D eigenvalue weighted by atomic mass is 10.0. The molecule has 1 aliphatic rings. The van der Waals surface area contributed by atoms with Crippen LogP contribution in [0.2, 0.25) is 0 Å². The van der Waals surface area contributed by atoms with Gasteiger partial charge in [-0.1, -0.05) is 23.8 Å². The second kappa shape index (κ2) is 5.61. The molecule has 0 bridgehead atoms. The molecule has 0 spiro atoms. The van der Waals surface area contributed by atoms with Gasteiger partial charge in [-0.05, 0) is 30.9 Å². The van der Waals surface area contributed by atoms with Gasteiger partial charge < -0.3 is 11.1 Å². The summed E-state index contributed by atoms with van der Waals surface area (Å²) in [5.41, 5.74) is 3.18. The summed E-state index contributed by atoms with van der Waals surface area (Å²) in [6.45, 7) is 2.22. The van der Waals surface area contributed by atoms with Gasteiger partial charge in [0.2, 0.25) is 0 Å². The molecule has 0 atom stereocenters. The summed E-state index contributed by atoms with van der Waals surface area (Å²) in [6, 6.07) is 5.86. The van der Waals surface area contributed by atoms with E-state index in [0.717, 1.165) is 21.6 Å². The third kappa shape index (κ3) is 3.47. The molecular weight excluding hydrogens is 257 g/mol. The summed E-state index contributed by atoms with van der Waals surface area (Å²) < 4.78 is 37.1. The van der Waals surface area contributed by atoms with Crippen molar-refractivity contribution in [2.24, 2.45) is 0 Å². The summed E-state index contributed by atoms with van der Waals surface area (Å²) >= 11 is 0. The van der Waals surface area contributed by atoms with E-state index in [4.69, 9.17) is 0 Å². The predicted molar refractivity (Wildman–Crippen MR) is 66.2 cm³/mol. The quantitative estimate of drug-likeness (QED) is 0.790. The fourth-order valence-corrected chi connectivity index (χ4v) is 2.24. The van der Waals surface area contributed by atoms with E-state index >= 15 is 0 Å². The minimum Gasteiger partial charge on any atom is -0.344 e. The van der Waals surface area contributed by atoms with Crippen molar-refractivity contribution in [2.45, 2.75) is 25.9 Å². The SMILES string of the molecule is Cc1ccc2c(c1)CCN(C(=O)C(F)(F)F)CC2.N. The molecule has 0 fully saturated rings. The van der Waals surface area contributed by atoms with Gasteiger partial charge in [-0.25, -0.2) is 0 Å². The largest absolute Gasteiger partial charge is 0.471 e. The first-order valence-electron chi connectivity index (χ1n) is 5.82. The van der Waals surface area contributed by atoms with Crippen LogP contribution in [-0.4, -0.2) is 30.1 Å². The van der Waals surface area contributed by atoms with Crippen molar-refractivity contribution in [1.29, 1.82) is 0 Å². The van der Waals surface area contributed by atoms with E-state index < -0.39 is 12.1 Å². The van der Waals surface area contributed by atoms with Gasteiger partial charge in [-0.3, -0.25) is 4.79 Å². The van der Waals surface area contributed by atoms with E-state index in [1.165, 1.54) is 0 Å². The van der Waals surface area contributed by atoms with Gasteiger partial charge in [0.1, 0.15) is 0 Å². The lowest BCUT2D eigenvalue weighted by Crippen LogP contribution is -2.42. The van der Waals surface area contributed by atoms with Crippen molar-refractivity contribution in [3.63, 3.8) is 0 Å². The molecule has 0 aromatic heterocycles. The van der Waals surface area contributed by atoms with E-state index in [9.17, 15) is 18.0 Å². The summed E-state index contributed by atoms with van der Waals surface area (Å²) in [5, 5.41) is 0. The molecule has 1 heterocycles. The minimum atomic E-state index is -4.77. The third-order valence-corrected chi connectivity index (χ3v) is 3.19.